The van der Waals surface area contributed by atoms with Crippen LogP contribution >= 0.6 is 11.6 Å². The van der Waals surface area contributed by atoms with Crippen molar-refractivity contribution in [3.8, 4) is 0 Å². The van der Waals surface area contributed by atoms with Gasteiger partial charge >= 0.3 is 0 Å². The number of halogens is 1. The zero-order valence-corrected chi connectivity index (χ0v) is 10.00. The second-order valence-corrected chi connectivity index (χ2v) is 5.19. The lowest BCUT2D eigenvalue weighted by Gasteiger charge is -2.34. The standard InChI is InChI=1S/C6H17ClN2Si/c1-4-9(5-2)6(7,10)8-3/h8H,4-5H2,1-3,10H3. The van der Waals surface area contributed by atoms with Gasteiger partial charge in [0.05, 0.1) is 10.2 Å². The van der Waals surface area contributed by atoms with E-state index in [1.807, 2.05) is 7.05 Å². The van der Waals surface area contributed by atoms with Gasteiger partial charge in [-0.05, 0) is 20.1 Å². The van der Waals surface area contributed by atoms with Gasteiger partial charge in [-0.2, -0.15) is 0 Å². The number of nitrogens with zero attached hydrogens (tertiary/aromatic N) is 1. The van der Waals surface area contributed by atoms with Gasteiger partial charge in [-0.15, -0.1) is 0 Å². The Balaban J connectivity index is 3.97. The summed E-state index contributed by atoms with van der Waals surface area (Å²) in [6, 6.07) is 0. The molecule has 1 N–H and O–H groups in total. The molecule has 0 amide bonds. The Kier molecular flexibility index (Phi) is 4.52. The lowest BCUT2D eigenvalue weighted by Crippen LogP contribution is -2.53. The van der Waals surface area contributed by atoms with Gasteiger partial charge in [0, 0.05) is 0 Å². The highest BCUT2D eigenvalue weighted by Gasteiger charge is 2.23. The van der Waals surface area contributed by atoms with Gasteiger partial charge in [0.25, 0.3) is 0 Å². The van der Waals surface area contributed by atoms with Gasteiger partial charge in [-0.3, -0.25) is 10.2 Å². The normalized spacial score (nSPS) is 17.7. The van der Waals surface area contributed by atoms with E-state index in [9.17, 15) is 0 Å². The number of hydrogen-bond donors (Lipinski definition) is 1. The molecule has 0 fully saturated rings. The monoisotopic (exact) mass is 180 g/mol. The second-order valence-electron chi connectivity index (χ2n) is 2.38. The Morgan fingerprint density at radius 3 is 2.00 bits per heavy atom. The molecule has 2 nitrogen and oxygen atoms in total. The molecule has 0 saturated heterocycles. The number of nitrogens with one attached hydrogen (secondary N) is 1. The third-order valence-corrected chi connectivity index (χ3v) is 3.37. The van der Waals surface area contributed by atoms with Gasteiger partial charge in [0.15, 0.2) is 0 Å². The molecule has 0 radical (unpaired) electrons. The SMILES string of the molecule is CCN(CC)C([SiH3])(Cl)NC. The van der Waals surface area contributed by atoms with Crippen molar-refractivity contribution in [3.05, 3.63) is 0 Å². The van der Waals surface area contributed by atoms with Crippen LogP contribution in [0.4, 0.5) is 0 Å². The van der Waals surface area contributed by atoms with Crippen LogP contribution in [-0.2, 0) is 0 Å². The zero-order valence-electron chi connectivity index (χ0n) is 7.24. The molecule has 10 heavy (non-hydrogen) atoms. The fraction of sp³-hybridized carbons (Fsp3) is 1.00. The van der Waals surface area contributed by atoms with E-state index in [0.717, 1.165) is 23.3 Å². The van der Waals surface area contributed by atoms with Crippen molar-refractivity contribution in [2.75, 3.05) is 20.1 Å². The van der Waals surface area contributed by atoms with E-state index in [1.54, 1.807) is 0 Å². The van der Waals surface area contributed by atoms with E-state index in [-0.39, 0.29) is 4.75 Å². The molecule has 0 aromatic carbocycles. The molecule has 1 atom stereocenters. The van der Waals surface area contributed by atoms with Gasteiger partial charge in [-0.1, -0.05) is 25.4 Å². The van der Waals surface area contributed by atoms with Crippen molar-refractivity contribution in [2.24, 2.45) is 0 Å². The van der Waals surface area contributed by atoms with Crippen LogP contribution in [0.15, 0.2) is 0 Å². The van der Waals surface area contributed by atoms with Gasteiger partial charge < -0.3 is 0 Å². The smallest absolute Gasteiger partial charge is 0.123 e. The highest BCUT2D eigenvalue weighted by Crippen LogP contribution is 2.10. The van der Waals surface area contributed by atoms with Crippen LogP contribution in [0.2, 0.25) is 0 Å². The van der Waals surface area contributed by atoms with Crippen molar-refractivity contribution >= 4 is 21.8 Å². The number of alkyl halides is 1. The molecule has 0 aromatic heterocycles. The Bertz CT molecular complexity index is 93.7. The van der Waals surface area contributed by atoms with Gasteiger partial charge in [-0.25, -0.2) is 0 Å². The fourth-order valence-electron chi connectivity index (χ4n) is 0.976. The lowest BCUT2D eigenvalue weighted by molar-refractivity contribution is 0.222. The maximum atomic E-state index is 6.16. The summed E-state index contributed by atoms with van der Waals surface area (Å²) in [7, 11) is 2.83. The Morgan fingerprint density at radius 2 is 1.90 bits per heavy atom. The quantitative estimate of drug-likeness (QED) is 0.278. The first kappa shape index (κ1) is 10.4. The van der Waals surface area contributed by atoms with Crippen molar-refractivity contribution in [3.63, 3.8) is 0 Å². The molecular formula is C6H17ClN2Si. The Morgan fingerprint density at radius 1 is 1.50 bits per heavy atom. The van der Waals surface area contributed by atoms with Crippen LogP contribution < -0.4 is 5.32 Å². The summed E-state index contributed by atoms with van der Waals surface area (Å²) in [5.41, 5.74) is 0. The first-order valence-electron chi connectivity index (χ1n) is 3.71. The molecule has 0 aliphatic heterocycles. The highest BCUT2D eigenvalue weighted by molar-refractivity contribution is 6.43. The lowest BCUT2D eigenvalue weighted by atomic mass is 10.5. The molecule has 0 aliphatic carbocycles. The summed E-state index contributed by atoms with van der Waals surface area (Å²) in [5, 5.41) is 3.10. The maximum Gasteiger partial charge on any atom is 0.123 e. The minimum atomic E-state index is -0.247. The van der Waals surface area contributed by atoms with Crippen molar-refractivity contribution in [2.45, 2.75) is 18.6 Å². The predicted molar refractivity (Wildman–Crippen MR) is 50.5 cm³/mol. The first-order chi connectivity index (χ1) is 4.58. The van der Waals surface area contributed by atoms with Gasteiger partial charge in [0.2, 0.25) is 0 Å². The third kappa shape index (κ3) is 2.58. The summed E-state index contributed by atoms with van der Waals surface area (Å²) in [6.45, 7) is 6.25. The van der Waals surface area contributed by atoms with Crippen LogP contribution in [0.3, 0.4) is 0 Å². The van der Waals surface area contributed by atoms with Crippen LogP contribution in [0, 0.1) is 0 Å². The van der Waals surface area contributed by atoms with E-state index in [2.05, 4.69) is 24.1 Å². The van der Waals surface area contributed by atoms with E-state index in [4.69, 9.17) is 11.6 Å². The molecule has 0 saturated carbocycles. The van der Waals surface area contributed by atoms with Crippen molar-refractivity contribution in [1.82, 2.24) is 10.2 Å². The fourth-order valence-corrected chi connectivity index (χ4v) is 1.85. The molecule has 0 bridgehead atoms. The molecule has 0 spiro atoms. The summed E-state index contributed by atoms with van der Waals surface area (Å²) >= 11 is 6.16. The molecule has 4 heteroatoms. The van der Waals surface area contributed by atoms with E-state index >= 15 is 0 Å². The maximum absolute atomic E-state index is 6.16. The zero-order chi connectivity index (χ0) is 8.20. The highest BCUT2D eigenvalue weighted by atomic mass is 35.5. The van der Waals surface area contributed by atoms with Crippen LogP contribution in [-0.4, -0.2) is 40.0 Å². The van der Waals surface area contributed by atoms with E-state index in [1.165, 1.54) is 0 Å². The minimum absolute atomic E-state index is 0.247. The second kappa shape index (κ2) is 4.33. The first-order valence-corrected chi connectivity index (χ1v) is 5.09. The average Bonchev–Trinajstić information content (AvgIpc) is 1.90. The summed E-state index contributed by atoms with van der Waals surface area (Å²) < 4.78 is -0.247. The Labute approximate surface area is 71.3 Å². The summed E-state index contributed by atoms with van der Waals surface area (Å²) in [5.74, 6) is 0. The summed E-state index contributed by atoms with van der Waals surface area (Å²) in [6.07, 6.45) is 0. The predicted octanol–water partition coefficient (Wildman–Crippen LogP) is -0.237. The molecule has 62 valence electrons. The van der Waals surface area contributed by atoms with E-state index < -0.39 is 0 Å². The van der Waals surface area contributed by atoms with Gasteiger partial charge in [0.1, 0.15) is 4.75 Å². The molecule has 0 aromatic rings. The minimum Gasteiger partial charge on any atom is -0.294 e. The van der Waals surface area contributed by atoms with E-state index in [0.29, 0.717) is 0 Å². The average molecular weight is 181 g/mol. The summed E-state index contributed by atoms with van der Waals surface area (Å²) in [4.78, 5) is 2.21. The largest absolute Gasteiger partial charge is 0.294 e. The van der Waals surface area contributed by atoms with Crippen molar-refractivity contribution in [1.29, 1.82) is 0 Å². The number of hydrogen-bond acceptors (Lipinski definition) is 2. The van der Waals surface area contributed by atoms with Crippen LogP contribution in [0.1, 0.15) is 13.8 Å². The molecule has 0 heterocycles. The van der Waals surface area contributed by atoms with Crippen LogP contribution in [0.25, 0.3) is 0 Å². The molecule has 0 aliphatic rings. The number of rotatable bonds is 4. The molecule has 1 unspecified atom stereocenters. The van der Waals surface area contributed by atoms with Crippen molar-refractivity contribution < 1.29 is 0 Å². The third-order valence-electron chi connectivity index (χ3n) is 1.81. The topological polar surface area (TPSA) is 15.3 Å². The molecule has 0 rings (SSSR count). The Hall–Kier alpha value is 0.427. The van der Waals surface area contributed by atoms with Crippen LogP contribution in [0.5, 0.6) is 0 Å². The molecular weight excluding hydrogens is 164 g/mol.